The van der Waals surface area contributed by atoms with Crippen molar-refractivity contribution in [3.05, 3.63) is 70.2 Å². The average Bonchev–Trinajstić information content (AvgIpc) is 3.28. The molecule has 2 unspecified atom stereocenters. The second-order valence-electron chi connectivity index (χ2n) is 9.30. The molecule has 0 spiro atoms. The molecule has 8 heteroatoms. The third-order valence-electron chi connectivity index (χ3n) is 5.91. The zero-order valence-electron chi connectivity index (χ0n) is 27.8. The number of ether oxygens (including phenoxy) is 1. The van der Waals surface area contributed by atoms with Crippen LogP contribution in [0.5, 0.6) is 0 Å². The molecule has 0 saturated carbocycles. The Hall–Kier alpha value is -3.12. The molecule has 1 fully saturated rings. The van der Waals surface area contributed by atoms with Crippen LogP contribution in [0.25, 0.3) is 0 Å². The van der Waals surface area contributed by atoms with Crippen molar-refractivity contribution in [1.29, 1.82) is 0 Å². The molecular weight excluding hydrogens is 558 g/mol. The van der Waals surface area contributed by atoms with E-state index in [1.807, 2.05) is 90.2 Å². The van der Waals surface area contributed by atoms with Gasteiger partial charge in [0.25, 0.3) is 0 Å². The summed E-state index contributed by atoms with van der Waals surface area (Å²) in [5.41, 5.74) is 2.55. The second kappa shape index (κ2) is 27.7. The number of hydrogen-bond acceptors (Lipinski definition) is 6. The van der Waals surface area contributed by atoms with Crippen molar-refractivity contribution in [1.82, 2.24) is 16.0 Å². The zero-order chi connectivity index (χ0) is 33.0. The number of rotatable bonds is 9. The lowest BCUT2D eigenvalue weighted by Crippen LogP contribution is -2.45. The lowest BCUT2D eigenvalue weighted by atomic mass is 10.0. The van der Waals surface area contributed by atoms with Crippen LogP contribution in [0.4, 0.5) is 0 Å². The van der Waals surface area contributed by atoms with E-state index >= 15 is 0 Å². The molecule has 240 valence electrons. The molecule has 2 aliphatic heterocycles. The van der Waals surface area contributed by atoms with Gasteiger partial charge in [0.1, 0.15) is 0 Å². The van der Waals surface area contributed by atoms with Gasteiger partial charge >= 0.3 is 0 Å². The van der Waals surface area contributed by atoms with Gasteiger partial charge in [0.05, 0.1) is 5.25 Å². The molecule has 43 heavy (non-hydrogen) atoms. The van der Waals surface area contributed by atoms with Crippen molar-refractivity contribution < 1.29 is 19.1 Å². The van der Waals surface area contributed by atoms with Crippen LogP contribution in [0.2, 0.25) is 0 Å². The molecule has 3 aliphatic rings. The van der Waals surface area contributed by atoms with E-state index in [2.05, 4.69) is 33.0 Å². The number of terminal acetylenes is 1. The highest BCUT2D eigenvalue weighted by Crippen LogP contribution is 2.33. The summed E-state index contributed by atoms with van der Waals surface area (Å²) in [7, 11) is 3.25. The van der Waals surface area contributed by atoms with Crippen LogP contribution in [0.3, 0.4) is 0 Å². The standard InChI is InChI=1S/C18H27N3O2S.C10H12O.C3H4.C2H6O.C2H6/c1-4-5-6-14-11-21-17(22)12(2)16(14)24-13(3)18(23)20-10-8-15-7-9-19-15;1-2-10(11)9-7-5-3-4-6-8-9;2*1-3-2;1-2/h4-6,13,15,19H,7-11H2,1-3H3,(H,20,23)(H,21,22);3,5-8H,2,4H2,1H3;1H,2H3;1-2H3;1-2H3/b5-4-,14-6+;;;;. The summed E-state index contributed by atoms with van der Waals surface area (Å²) in [6.45, 7) is 15.5. The molecule has 7 nitrogen and oxygen atoms in total. The molecule has 2 heterocycles. The number of ketones is 1. The summed E-state index contributed by atoms with van der Waals surface area (Å²) in [5, 5.41) is 8.96. The lowest BCUT2D eigenvalue weighted by molar-refractivity contribution is -0.120. The number of hydrogen-bond donors (Lipinski definition) is 3. The van der Waals surface area contributed by atoms with Gasteiger partial charge in [0.15, 0.2) is 5.78 Å². The minimum absolute atomic E-state index is 0.0241. The summed E-state index contributed by atoms with van der Waals surface area (Å²) < 4.78 is 4.25. The molecule has 1 saturated heterocycles. The average molecular weight is 614 g/mol. The van der Waals surface area contributed by atoms with E-state index in [9.17, 15) is 14.4 Å². The molecule has 3 N–H and O–H groups in total. The molecule has 0 aromatic carbocycles. The minimum atomic E-state index is -0.232. The van der Waals surface area contributed by atoms with Crippen molar-refractivity contribution in [3.63, 3.8) is 0 Å². The first-order valence-electron chi connectivity index (χ1n) is 15.0. The topological polar surface area (TPSA) is 96.5 Å². The van der Waals surface area contributed by atoms with Crippen LogP contribution in [0, 0.1) is 12.3 Å². The van der Waals surface area contributed by atoms with Crippen LogP contribution in [-0.2, 0) is 19.1 Å². The highest BCUT2D eigenvalue weighted by Gasteiger charge is 2.25. The Kier molecular flexibility index (Phi) is 27.1. The molecule has 2 amide bonds. The van der Waals surface area contributed by atoms with Gasteiger partial charge in [-0.2, -0.15) is 0 Å². The summed E-state index contributed by atoms with van der Waals surface area (Å²) in [4.78, 5) is 36.3. The Morgan fingerprint density at radius 3 is 2.44 bits per heavy atom. The van der Waals surface area contributed by atoms with Crippen molar-refractivity contribution >= 4 is 29.4 Å². The predicted molar refractivity (Wildman–Crippen MR) is 185 cm³/mol. The Morgan fingerprint density at radius 2 is 1.91 bits per heavy atom. The van der Waals surface area contributed by atoms with E-state index in [-0.39, 0.29) is 22.8 Å². The van der Waals surface area contributed by atoms with Crippen molar-refractivity contribution in [3.8, 4) is 12.3 Å². The number of methoxy groups -OCH3 is 1. The van der Waals surface area contributed by atoms with Gasteiger partial charge in [0, 0.05) is 55.8 Å². The number of Topliss-reactive ketones (excluding diaryl/α,β-unsaturated/α-hetero) is 1. The first-order chi connectivity index (χ1) is 20.7. The number of thioether (sulfide) groups is 1. The lowest BCUT2D eigenvalue weighted by Gasteiger charge is -2.28. The van der Waals surface area contributed by atoms with Crippen LogP contribution < -0.4 is 16.0 Å². The van der Waals surface area contributed by atoms with E-state index in [0.717, 1.165) is 35.4 Å². The summed E-state index contributed by atoms with van der Waals surface area (Å²) >= 11 is 1.47. The monoisotopic (exact) mass is 613 g/mol. The first kappa shape index (κ1) is 42.0. The Labute approximate surface area is 265 Å². The Balaban J connectivity index is 0. The molecule has 0 aromatic rings. The highest BCUT2D eigenvalue weighted by atomic mass is 32.2. The number of carbonyl (C=O) groups excluding carboxylic acids is 3. The number of allylic oxidation sites excluding steroid dienone is 9. The highest BCUT2D eigenvalue weighted by molar-refractivity contribution is 8.04. The molecule has 3 rings (SSSR count). The maximum atomic E-state index is 12.3. The van der Waals surface area contributed by atoms with Gasteiger partial charge in [-0.15, -0.1) is 24.1 Å². The van der Waals surface area contributed by atoms with Crippen LogP contribution in [0.15, 0.2) is 70.2 Å². The minimum Gasteiger partial charge on any atom is -0.388 e. The summed E-state index contributed by atoms with van der Waals surface area (Å²) in [6.07, 6.45) is 23.9. The van der Waals surface area contributed by atoms with Crippen molar-refractivity contribution in [2.45, 2.75) is 85.4 Å². The molecule has 1 aliphatic carbocycles. The first-order valence-corrected chi connectivity index (χ1v) is 15.9. The molecule has 0 radical (unpaired) electrons. The van der Waals surface area contributed by atoms with Gasteiger partial charge in [0.2, 0.25) is 11.8 Å². The van der Waals surface area contributed by atoms with Crippen molar-refractivity contribution in [2.75, 3.05) is 33.9 Å². The van der Waals surface area contributed by atoms with Gasteiger partial charge in [-0.3, -0.25) is 14.4 Å². The fourth-order valence-electron chi connectivity index (χ4n) is 3.55. The normalized spacial score (nSPS) is 18.2. The predicted octanol–water partition coefficient (Wildman–Crippen LogP) is 6.22. The zero-order valence-corrected chi connectivity index (χ0v) is 28.7. The summed E-state index contributed by atoms with van der Waals surface area (Å²) in [5.74, 6) is 2.43. The van der Waals surface area contributed by atoms with Gasteiger partial charge in [-0.25, -0.2) is 0 Å². The Morgan fingerprint density at radius 1 is 1.28 bits per heavy atom. The van der Waals surface area contributed by atoms with Gasteiger partial charge in [-0.1, -0.05) is 69.4 Å². The third kappa shape index (κ3) is 18.9. The molecule has 0 aromatic heterocycles. The van der Waals surface area contributed by atoms with Crippen molar-refractivity contribution in [2.24, 2.45) is 0 Å². The van der Waals surface area contributed by atoms with Crippen LogP contribution >= 0.6 is 11.8 Å². The van der Waals surface area contributed by atoms with E-state index in [1.54, 1.807) is 21.1 Å². The quantitative estimate of drug-likeness (QED) is 0.267. The fourth-order valence-corrected chi connectivity index (χ4v) is 4.66. The van der Waals surface area contributed by atoms with E-state index in [1.165, 1.54) is 18.2 Å². The van der Waals surface area contributed by atoms with Crippen LogP contribution in [0.1, 0.15) is 74.1 Å². The molecule has 0 bridgehead atoms. The van der Waals surface area contributed by atoms with Gasteiger partial charge in [-0.05, 0) is 59.1 Å². The molecule has 2 atom stereocenters. The maximum absolute atomic E-state index is 12.3. The van der Waals surface area contributed by atoms with E-state index < -0.39 is 0 Å². The SMILES string of the molecule is C#CC.C/C=C\C=C1/CNC(=O)C(C)=C1SC(C)C(=O)NCCC1CCN1.CC.CCC(=O)C1=CC=CCC=C1.COC. The van der Waals surface area contributed by atoms with E-state index in [0.29, 0.717) is 31.1 Å². The number of nitrogens with one attached hydrogen (secondary N) is 3. The smallest absolute Gasteiger partial charge is 0.248 e. The number of amides is 2. The summed E-state index contributed by atoms with van der Waals surface area (Å²) in [6, 6.07) is 0.551. The third-order valence-corrected chi connectivity index (χ3v) is 7.28. The van der Waals surface area contributed by atoms with Gasteiger partial charge < -0.3 is 20.7 Å². The fraction of sp³-hybridized carbons (Fsp3) is 0.514. The number of carbonyl (C=O) groups is 3. The largest absolute Gasteiger partial charge is 0.388 e. The Bertz CT molecular complexity index is 1060. The van der Waals surface area contributed by atoms with E-state index in [4.69, 9.17) is 0 Å². The maximum Gasteiger partial charge on any atom is 0.248 e. The second-order valence-corrected chi connectivity index (χ2v) is 10.6. The van der Waals surface area contributed by atoms with Crippen LogP contribution in [-0.4, -0.2) is 62.7 Å². The molecular formula is C35H55N3O4S.